The van der Waals surface area contributed by atoms with Gasteiger partial charge in [0.25, 0.3) is 0 Å². The first-order valence-corrected chi connectivity index (χ1v) is 3.13. The van der Waals surface area contributed by atoms with E-state index in [4.69, 9.17) is 5.11 Å². The Bertz CT molecular complexity index is 139. The second-order valence-electron chi connectivity index (χ2n) is 1.34. The van der Waals surface area contributed by atoms with E-state index in [1.807, 2.05) is 19.9 Å². The molecule has 0 aliphatic rings. The summed E-state index contributed by atoms with van der Waals surface area (Å²) in [6.45, 7) is 4.00. The van der Waals surface area contributed by atoms with E-state index in [0.29, 0.717) is 5.75 Å². The van der Waals surface area contributed by atoms with E-state index in [-0.39, 0.29) is 40.1 Å². The van der Waals surface area contributed by atoms with Crippen molar-refractivity contribution >= 4 is 0 Å². The fourth-order valence-corrected chi connectivity index (χ4v) is 0.428. The Morgan fingerprint density at radius 2 is 1.36 bits per heavy atom. The molecule has 0 fully saturated rings. The predicted octanol–water partition coefficient (Wildman–Crippen LogP) is 2.87. The van der Waals surface area contributed by atoms with Crippen LogP contribution in [-0.4, -0.2) is 5.11 Å². The topological polar surface area (TPSA) is 20.2 Å². The number of hydrogen-bond donors (Lipinski definition) is 1. The summed E-state index contributed by atoms with van der Waals surface area (Å²) in [7, 11) is 0. The number of hydrogen-bond acceptors (Lipinski definition) is 1. The molecule has 0 saturated carbocycles. The Morgan fingerprint density at radius 3 is 1.55 bits per heavy atom. The second-order valence-corrected chi connectivity index (χ2v) is 1.34. The number of benzene rings is 1. The minimum atomic E-state index is 0. The van der Waals surface area contributed by atoms with Crippen molar-refractivity contribution in [1.29, 1.82) is 0 Å². The SMILES string of the molecule is CC.Oc1ccccc1.[CH3-].[Y]. The molecule has 0 aliphatic carbocycles. The summed E-state index contributed by atoms with van der Waals surface area (Å²) in [6, 6.07) is 8.71. The first-order valence-electron chi connectivity index (χ1n) is 3.13. The third-order valence-corrected chi connectivity index (χ3v) is 0.756. The van der Waals surface area contributed by atoms with Gasteiger partial charge in [0.1, 0.15) is 5.75 Å². The van der Waals surface area contributed by atoms with Gasteiger partial charge in [0.15, 0.2) is 0 Å². The molecule has 0 bridgehead atoms. The molecule has 0 saturated heterocycles. The molecule has 0 aliphatic heterocycles. The van der Waals surface area contributed by atoms with E-state index in [2.05, 4.69) is 0 Å². The van der Waals surface area contributed by atoms with E-state index < -0.39 is 0 Å². The minimum absolute atomic E-state index is 0. The van der Waals surface area contributed by atoms with Crippen LogP contribution in [0.2, 0.25) is 0 Å². The molecule has 0 atom stereocenters. The molecule has 61 valence electrons. The molecule has 1 rings (SSSR count). The summed E-state index contributed by atoms with van der Waals surface area (Å²) < 4.78 is 0. The molecule has 0 heterocycles. The molecule has 1 nitrogen and oxygen atoms in total. The van der Waals surface area contributed by atoms with Crippen LogP contribution in [0.15, 0.2) is 30.3 Å². The Hall–Kier alpha value is 0.124. The average Bonchev–Trinajstić information content (AvgIpc) is 1.94. The quantitative estimate of drug-likeness (QED) is 0.677. The van der Waals surface area contributed by atoms with Crippen molar-refractivity contribution in [2.75, 3.05) is 0 Å². The zero-order valence-corrected chi connectivity index (χ0v) is 10.2. The van der Waals surface area contributed by atoms with Gasteiger partial charge in [-0.1, -0.05) is 32.0 Å². The average molecular weight is 228 g/mol. The largest absolute Gasteiger partial charge is 0.508 e. The van der Waals surface area contributed by atoms with E-state index in [1.54, 1.807) is 24.3 Å². The molecule has 1 aromatic rings. The van der Waals surface area contributed by atoms with Crippen LogP contribution >= 0.6 is 0 Å². The summed E-state index contributed by atoms with van der Waals surface area (Å²) in [5.74, 6) is 0.322. The fourth-order valence-electron chi connectivity index (χ4n) is 0.428. The maximum absolute atomic E-state index is 8.63. The molecule has 11 heavy (non-hydrogen) atoms. The smallest absolute Gasteiger partial charge is 0.115 e. The standard InChI is InChI=1S/C6H6O.C2H6.CH3.Y/c7-6-4-2-1-3-5-6;1-2;;/h1-5,7H;1-2H3;1H3;/q;;-1;. The fraction of sp³-hybridized carbons (Fsp3) is 0.222. The van der Waals surface area contributed by atoms with Crippen molar-refractivity contribution in [3.63, 3.8) is 0 Å². The molecule has 1 N–H and O–H groups in total. The maximum atomic E-state index is 8.63. The molecule has 1 radical (unpaired) electrons. The Kier molecular flexibility index (Phi) is 20.1. The summed E-state index contributed by atoms with van der Waals surface area (Å²) in [5, 5.41) is 8.63. The van der Waals surface area contributed by atoms with Crippen molar-refractivity contribution in [3.8, 4) is 5.75 Å². The van der Waals surface area contributed by atoms with Crippen LogP contribution in [0.25, 0.3) is 0 Å². The van der Waals surface area contributed by atoms with Crippen molar-refractivity contribution in [2.45, 2.75) is 13.8 Å². The molecule has 0 amide bonds. The first kappa shape index (κ1) is 17.3. The van der Waals surface area contributed by atoms with Crippen LogP contribution in [0.3, 0.4) is 0 Å². The van der Waals surface area contributed by atoms with Crippen LogP contribution < -0.4 is 0 Å². The number of para-hydroxylation sites is 1. The van der Waals surface area contributed by atoms with Gasteiger partial charge in [-0.2, -0.15) is 0 Å². The summed E-state index contributed by atoms with van der Waals surface area (Å²) >= 11 is 0. The van der Waals surface area contributed by atoms with Gasteiger partial charge < -0.3 is 12.5 Å². The molecule has 2 heteroatoms. The molecule has 0 aromatic heterocycles. The van der Waals surface area contributed by atoms with Gasteiger partial charge in [-0.05, 0) is 12.1 Å². The van der Waals surface area contributed by atoms with E-state index >= 15 is 0 Å². The Balaban J connectivity index is -0.000000149. The third kappa shape index (κ3) is 10.1. The molecule has 0 spiro atoms. The normalized spacial score (nSPS) is 6.00. The number of phenols is 1. The summed E-state index contributed by atoms with van der Waals surface area (Å²) in [4.78, 5) is 0. The third-order valence-electron chi connectivity index (χ3n) is 0.756. The van der Waals surface area contributed by atoms with Gasteiger partial charge in [-0.25, -0.2) is 0 Å². The van der Waals surface area contributed by atoms with Gasteiger partial charge in [0.05, 0.1) is 0 Å². The minimum Gasteiger partial charge on any atom is -0.508 e. The zero-order valence-electron chi connectivity index (χ0n) is 7.41. The monoisotopic (exact) mass is 228 g/mol. The van der Waals surface area contributed by atoms with Crippen molar-refractivity contribution < 1.29 is 37.8 Å². The predicted molar refractivity (Wildman–Crippen MR) is 45.9 cm³/mol. The van der Waals surface area contributed by atoms with Gasteiger partial charge in [0.2, 0.25) is 0 Å². The van der Waals surface area contributed by atoms with E-state index in [1.165, 1.54) is 0 Å². The Morgan fingerprint density at radius 1 is 1.00 bits per heavy atom. The maximum Gasteiger partial charge on any atom is 0.115 e. The molecule has 1 aromatic carbocycles. The van der Waals surface area contributed by atoms with Gasteiger partial charge in [-0.15, -0.1) is 0 Å². The molecule has 0 unspecified atom stereocenters. The van der Waals surface area contributed by atoms with Gasteiger partial charge in [-0.3, -0.25) is 0 Å². The molecular formula is C9H15OY-. The van der Waals surface area contributed by atoms with Crippen LogP contribution in [0, 0.1) is 7.43 Å². The zero-order chi connectivity index (χ0) is 7.11. The Labute approximate surface area is 94.7 Å². The number of rotatable bonds is 0. The van der Waals surface area contributed by atoms with Crippen LogP contribution in [0.1, 0.15) is 13.8 Å². The number of phenolic OH excluding ortho intramolecular Hbond substituents is 1. The van der Waals surface area contributed by atoms with Gasteiger partial charge in [0, 0.05) is 32.7 Å². The van der Waals surface area contributed by atoms with E-state index in [9.17, 15) is 0 Å². The van der Waals surface area contributed by atoms with E-state index in [0.717, 1.165) is 0 Å². The molecular weight excluding hydrogens is 213 g/mol. The van der Waals surface area contributed by atoms with Crippen LogP contribution in [-0.2, 0) is 32.7 Å². The summed E-state index contributed by atoms with van der Waals surface area (Å²) in [6.07, 6.45) is 0. The van der Waals surface area contributed by atoms with Crippen molar-refractivity contribution in [3.05, 3.63) is 37.8 Å². The first-order chi connectivity index (χ1) is 4.39. The summed E-state index contributed by atoms with van der Waals surface area (Å²) in [5.41, 5.74) is 0. The number of aromatic hydroxyl groups is 1. The second kappa shape index (κ2) is 12.8. The van der Waals surface area contributed by atoms with Crippen LogP contribution in [0.5, 0.6) is 5.75 Å². The van der Waals surface area contributed by atoms with Crippen molar-refractivity contribution in [1.82, 2.24) is 0 Å². The van der Waals surface area contributed by atoms with Crippen molar-refractivity contribution in [2.24, 2.45) is 0 Å². The van der Waals surface area contributed by atoms with Gasteiger partial charge >= 0.3 is 0 Å². The van der Waals surface area contributed by atoms with Crippen LogP contribution in [0.4, 0.5) is 0 Å².